The molecule has 1 saturated heterocycles. The Balaban J connectivity index is 1.59. The molecule has 0 aromatic carbocycles. The highest BCUT2D eigenvalue weighted by Crippen LogP contribution is 2.41. The number of rotatable bonds is 2. The first-order chi connectivity index (χ1) is 8.38. The Morgan fingerprint density at radius 1 is 1.00 bits per heavy atom. The van der Waals surface area contributed by atoms with Gasteiger partial charge < -0.3 is 4.90 Å². The average molecular weight is 229 g/mol. The maximum atomic E-state index is 4.48. The Bertz CT molecular complexity index is 415. The number of hydrogen-bond acceptors (Lipinski definition) is 3. The zero-order valence-electron chi connectivity index (χ0n) is 10.2. The summed E-state index contributed by atoms with van der Waals surface area (Å²) in [5, 5.41) is 0. The van der Waals surface area contributed by atoms with Crippen molar-refractivity contribution >= 4 is 5.82 Å². The highest BCUT2D eigenvalue weighted by Gasteiger charge is 2.34. The molecule has 2 aliphatic carbocycles. The fraction of sp³-hybridized carbons (Fsp3) is 0.714. The summed E-state index contributed by atoms with van der Waals surface area (Å²) >= 11 is 0. The van der Waals surface area contributed by atoms with Gasteiger partial charge >= 0.3 is 0 Å². The quantitative estimate of drug-likeness (QED) is 0.780. The summed E-state index contributed by atoms with van der Waals surface area (Å²) < 4.78 is 0. The molecule has 3 fully saturated rings. The molecular formula is C14H19N3. The van der Waals surface area contributed by atoms with Crippen molar-refractivity contribution in [2.24, 2.45) is 11.8 Å². The molecule has 3 nitrogen and oxygen atoms in total. The van der Waals surface area contributed by atoms with Gasteiger partial charge in [-0.25, -0.2) is 9.97 Å². The maximum absolute atomic E-state index is 4.48. The highest BCUT2D eigenvalue weighted by atomic mass is 15.2. The van der Waals surface area contributed by atoms with Crippen molar-refractivity contribution in [3.05, 3.63) is 18.1 Å². The van der Waals surface area contributed by atoms with E-state index in [2.05, 4.69) is 20.9 Å². The van der Waals surface area contributed by atoms with Gasteiger partial charge in [-0.05, 0) is 43.9 Å². The molecular weight excluding hydrogens is 210 g/mol. The Morgan fingerprint density at radius 2 is 1.76 bits per heavy atom. The van der Waals surface area contributed by atoms with Crippen LogP contribution in [0.5, 0.6) is 0 Å². The van der Waals surface area contributed by atoms with Gasteiger partial charge in [0.1, 0.15) is 12.1 Å². The number of fused-ring (bicyclic) bond motifs is 2. The predicted molar refractivity (Wildman–Crippen MR) is 67.1 cm³/mol. The molecule has 0 spiro atoms. The average Bonchev–Trinajstić information content (AvgIpc) is 3.16. The highest BCUT2D eigenvalue weighted by molar-refractivity contribution is 5.41. The largest absolute Gasteiger partial charge is 0.356 e. The molecule has 1 aromatic rings. The third-order valence-corrected chi connectivity index (χ3v) is 4.60. The van der Waals surface area contributed by atoms with Crippen molar-refractivity contribution in [1.82, 2.24) is 9.97 Å². The minimum atomic E-state index is 0.735. The number of aromatic nitrogens is 2. The Kier molecular flexibility index (Phi) is 2.14. The van der Waals surface area contributed by atoms with Gasteiger partial charge in [0, 0.05) is 30.8 Å². The molecule has 2 bridgehead atoms. The van der Waals surface area contributed by atoms with E-state index in [4.69, 9.17) is 0 Å². The summed E-state index contributed by atoms with van der Waals surface area (Å²) in [6, 6.07) is 2.24. The lowest BCUT2D eigenvalue weighted by atomic mass is 9.99. The summed E-state index contributed by atoms with van der Waals surface area (Å²) in [6.07, 6.45) is 8.73. The summed E-state index contributed by atoms with van der Waals surface area (Å²) in [5.41, 5.74) is 1.27. The second kappa shape index (κ2) is 3.69. The van der Waals surface area contributed by atoms with E-state index in [1.165, 1.54) is 56.7 Å². The van der Waals surface area contributed by atoms with Crippen molar-refractivity contribution in [3.63, 3.8) is 0 Å². The molecule has 0 unspecified atom stereocenters. The fourth-order valence-electron chi connectivity index (χ4n) is 3.53. The van der Waals surface area contributed by atoms with Crippen LogP contribution in [0.25, 0.3) is 0 Å². The second-order valence-corrected chi connectivity index (χ2v) is 6.03. The van der Waals surface area contributed by atoms with Crippen LogP contribution in [0.4, 0.5) is 5.82 Å². The first kappa shape index (κ1) is 9.86. The molecule has 0 radical (unpaired) electrons. The van der Waals surface area contributed by atoms with E-state index in [0.29, 0.717) is 0 Å². The molecule has 0 N–H and O–H groups in total. The standard InChI is InChI=1S/C14H19N3/c1-2-11-5-10(1)7-17(8-11)14-6-13(12-3-4-12)15-9-16-14/h6,9-12H,1-5,7-8H2/t10-,11+. The van der Waals surface area contributed by atoms with Crippen LogP contribution in [0.15, 0.2) is 12.4 Å². The van der Waals surface area contributed by atoms with Gasteiger partial charge in [-0.15, -0.1) is 0 Å². The normalized spacial score (nSPS) is 31.9. The summed E-state index contributed by atoms with van der Waals surface area (Å²) in [6.45, 7) is 2.44. The molecule has 2 atom stereocenters. The van der Waals surface area contributed by atoms with Crippen LogP contribution in [0, 0.1) is 11.8 Å². The molecule has 90 valence electrons. The zero-order valence-corrected chi connectivity index (χ0v) is 10.2. The van der Waals surface area contributed by atoms with E-state index in [9.17, 15) is 0 Å². The predicted octanol–water partition coefficient (Wildman–Crippen LogP) is 2.59. The summed E-state index contributed by atoms with van der Waals surface area (Å²) in [4.78, 5) is 11.4. The lowest BCUT2D eigenvalue weighted by molar-refractivity contribution is 0.419. The molecule has 3 heteroatoms. The lowest BCUT2D eigenvalue weighted by Gasteiger charge is -2.32. The number of hydrogen-bond donors (Lipinski definition) is 0. The van der Waals surface area contributed by atoms with Crippen LogP contribution in [0.1, 0.15) is 43.7 Å². The third kappa shape index (κ3) is 1.81. The van der Waals surface area contributed by atoms with Crippen molar-refractivity contribution in [2.75, 3.05) is 18.0 Å². The van der Waals surface area contributed by atoms with Gasteiger partial charge in [0.25, 0.3) is 0 Å². The summed E-state index contributed by atoms with van der Waals surface area (Å²) in [5.74, 6) is 3.76. The Labute approximate surface area is 102 Å². The second-order valence-electron chi connectivity index (χ2n) is 6.03. The van der Waals surface area contributed by atoms with E-state index < -0.39 is 0 Å². The molecule has 3 aliphatic rings. The van der Waals surface area contributed by atoms with E-state index >= 15 is 0 Å². The molecule has 1 aromatic heterocycles. The molecule has 2 heterocycles. The SMILES string of the molecule is c1nc(C2CC2)cc(N2C[C@@H]3CC[C@@H](C3)C2)n1. The third-order valence-electron chi connectivity index (χ3n) is 4.60. The molecule has 4 rings (SSSR count). The van der Waals surface area contributed by atoms with Crippen molar-refractivity contribution in [1.29, 1.82) is 0 Å². The van der Waals surface area contributed by atoms with Gasteiger partial charge in [0.15, 0.2) is 0 Å². The zero-order chi connectivity index (χ0) is 11.2. The van der Waals surface area contributed by atoms with Gasteiger partial charge in [-0.3, -0.25) is 0 Å². The number of nitrogens with zero attached hydrogens (tertiary/aromatic N) is 3. The van der Waals surface area contributed by atoms with Crippen molar-refractivity contribution < 1.29 is 0 Å². The Morgan fingerprint density at radius 3 is 2.47 bits per heavy atom. The number of piperidine rings is 1. The van der Waals surface area contributed by atoms with E-state index in [1.807, 2.05) is 0 Å². The first-order valence-electron chi connectivity index (χ1n) is 6.95. The van der Waals surface area contributed by atoms with Crippen LogP contribution >= 0.6 is 0 Å². The minimum absolute atomic E-state index is 0.735. The van der Waals surface area contributed by atoms with Crippen molar-refractivity contribution in [3.8, 4) is 0 Å². The molecule has 17 heavy (non-hydrogen) atoms. The minimum Gasteiger partial charge on any atom is -0.356 e. The number of anilines is 1. The molecule has 1 aliphatic heterocycles. The molecule has 2 saturated carbocycles. The van der Waals surface area contributed by atoms with Crippen LogP contribution in [0.3, 0.4) is 0 Å². The van der Waals surface area contributed by atoms with Gasteiger partial charge in [-0.2, -0.15) is 0 Å². The van der Waals surface area contributed by atoms with Crippen molar-refractivity contribution in [2.45, 2.75) is 38.0 Å². The monoisotopic (exact) mass is 229 g/mol. The lowest BCUT2D eigenvalue weighted by Crippen LogP contribution is -2.36. The topological polar surface area (TPSA) is 29.0 Å². The Hall–Kier alpha value is -1.12. The summed E-state index contributed by atoms with van der Waals surface area (Å²) in [7, 11) is 0. The van der Waals surface area contributed by atoms with E-state index in [-0.39, 0.29) is 0 Å². The fourth-order valence-corrected chi connectivity index (χ4v) is 3.53. The van der Waals surface area contributed by atoms with Gasteiger partial charge in [0.2, 0.25) is 0 Å². The van der Waals surface area contributed by atoms with Gasteiger partial charge in [0.05, 0.1) is 0 Å². The molecule has 0 amide bonds. The van der Waals surface area contributed by atoms with E-state index in [0.717, 1.165) is 17.8 Å². The van der Waals surface area contributed by atoms with Crippen LogP contribution in [0.2, 0.25) is 0 Å². The smallest absolute Gasteiger partial charge is 0.132 e. The van der Waals surface area contributed by atoms with Crippen LogP contribution in [-0.4, -0.2) is 23.1 Å². The van der Waals surface area contributed by atoms with Crippen LogP contribution < -0.4 is 4.90 Å². The van der Waals surface area contributed by atoms with Gasteiger partial charge in [-0.1, -0.05) is 0 Å². The van der Waals surface area contributed by atoms with Crippen LogP contribution in [-0.2, 0) is 0 Å². The first-order valence-corrected chi connectivity index (χ1v) is 6.95. The van der Waals surface area contributed by atoms with E-state index in [1.54, 1.807) is 6.33 Å². The maximum Gasteiger partial charge on any atom is 0.132 e.